The number of fused-ring (bicyclic) bond motifs is 1. The van der Waals surface area contributed by atoms with Gasteiger partial charge in [0, 0.05) is 80.4 Å². The summed E-state index contributed by atoms with van der Waals surface area (Å²) in [5.74, 6) is -11.0. The molecule has 1 aliphatic rings. The van der Waals surface area contributed by atoms with Gasteiger partial charge in [-0.05, 0) is 139 Å². The molecule has 7 rings (SSSR count). The summed E-state index contributed by atoms with van der Waals surface area (Å²) in [6, 6.07) is 17.9. The molecule has 1 aromatic heterocycles. The first-order valence-electron chi connectivity index (χ1n) is 38.6. The molecule has 1 fully saturated rings. The second-order valence-corrected chi connectivity index (χ2v) is 30.0. The van der Waals surface area contributed by atoms with Crippen LogP contribution in [0.1, 0.15) is 108 Å². The van der Waals surface area contributed by atoms with Crippen molar-refractivity contribution in [3.63, 3.8) is 0 Å². The van der Waals surface area contributed by atoms with Gasteiger partial charge in [0.2, 0.25) is 76.8 Å². The van der Waals surface area contributed by atoms with Crippen LogP contribution in [0.2, 0.25) is 5.02 Å². The Morgan fingerprint density at radius 3 is 1.39 bits per heavy atom. The SMILES string of the molecule is CC(=O)N[C@H](Cc1ccc2ccccc2c1)C(=O)N[C@H](Cc1ccc(Cl)cc1)C(=O)N[C@H](Cc1cccnc1)C(=O)N[C@@H](CO)C(=O)N[C@@H](Cc1ccc(NC(=O)[C@@H](N)CO)cc1)C(=O)N[C@H](Cc1ccc(NC(=O)[C@@H](N)CO)cc1)C(=O)N[C@@H](CC(C)C)C(=O)N[C@@H](CCCCNC(C)C)C(=O)N1CCC[C@H]1C(=O)N[C@H](C)C(N)=O. The molecule has 0 spiro atoms. The number of aliphatic hydroxyl groups excluding tert-OH is 3. The molecule has 624 valence electrons. The van der Waals surface area contributed by atoms with Crippen molar-refractivity contribution in [1.82, 2.24) is 63.1 Å². The number of hydrogen-bond acceptors (Lipinski definition) is 20. The minimum Gasteiger partial charge on any atom is -0.394 e. The Hall–Kier alpha value is -11.3. The number of benzene rings is 5. The minimum atomic E-state index is -1.91. The van der Waals surface area contributed by atoms with Gasteiger partial charge in [0.25, 0.3) is 0 Å². The van der Waals surface area contributed by atoms with Crippen LogP contribution in [0.4, 0.5) is 11.4 Å². The molecule has 0 aliphatic carbocycles. The lowest BCUT2D eigenvalue weighted by Gasteiger charge is -2.31. The lowest BCUT2D eigenvalue weighted by Crippen LogP contribution is -2.62. The third-order valence-corrected chi connectivity index (χ3v) is 19.5. The molecule has 6 aromatic rings. The molecule has 0 radical (unpaired) electrons. The van der Waals surface area contributed by atoms with E-state index >= 15 is 9.59 Å². The largest absolute Gasteiger partial charge is 0.394 e. The number of rotatable bonds is 44. The fourth-order valence-corrected chi connectivity index (χ4v) is 13.0. The van der Waals surface area contributed by atoms with Gasteiger partial charge in [0.15, 0.2) is 0 Å². The average Bonchev–Trinajstić information content (AvgIpc) is 1.73. The summed E-state index contributed by atoms with van der Waals surface area (Å²) in [4.78, 5) is 189. The molecule has 13 amide bonds. The summed E-state index contributed by atoms with van der Waals surface area (Å²) in [6.07, 6.45) is 3.43. The molecular weight excluding hydrogens is 1510 g/mol. The van der Waals surface area contributed by atoms with Crippen LogP contribution < -0.4 is 81.0 Å². The average molecular weight is 1620 g/mol. The zero-order chi connectivity index (χ0) is 84.7. The molecule has 1 aliphatic heterocycles. The van der Waals surface area contributed by atoms with Gasteiger partial charge >= 0.3 is 0 Å². The van der Waals surface area contributed by atoms with E-state index in [0.29, 0.717) is 58.6 Å². The van der Waals surface area contributed by atoms with Crippen molar-refractivity contribution in [1.29, 1.82) is 0 Å². The molecule has 21 N–H and O–H groups in total. The summed E-state index contributed by atoms with van der Waals surface area (Å²) in [5.41, 5.74) is 19.7. The maximum absolute atomic E-state index is 15.4. The molecule has 2 heterocycles. The van der Waals surface area contributed by atoms with Crippen LogP contribution in [-0.2, 0) is 94.4 Å². The number of primary amides is 1. The first kappa shape index (κ1) is 91.8. The van der Waals surface area contributed by atoms with Gasteiger partial charge in [0.05, 0.1) is 19.8 Å². The molecule has 0 bridgehead atoms. The number of aliphatic hydroxyl groups is 3. The molecule has 5 aromatic carbocycles. The number of carbonyl (C=O) groups excluding carboxylic acids is 13. The van der Waals surface area contributed by atoms with E-state index in [1.807, 2.05) is 56.3 Å². The van der Waals surface area contributed by atoms with E-state index < -0.39 is 176 Å². The molecule has 12 atom stereocenters. The van der Waals surface area contributed by atoms with Crippen LogP contribution in [0.15, 0.2) is 140 Å². The monoisotopic (exact) mass is 1620 g/mol. The van der Waals surface area contributed by atoms with E-state index in [-0.39, 0.29) is 74.8 Å². The van der Waals surface area contributed by atoms with Crippen molar-refractivity contribution in [3.8, 4) is 0 Å². The molecule has 0 saturated carbocycles. The van der Waals surface area contributed by atoms with E-state index in [2.05, 4.69) is 68.8 Å². The van der Waals surface area contributed by atoms with Gasteiger partial charge in [-0.15, -0.1) is 0 Å². The molecular formula is C82H108ClN17O16. The van der Waals surface area contributed by atoms with Crippen LogP contribution in [0.25, 0.3) is 10.8 Å². The number of carbonyl (C=O) groups is 13. The van der Waals surface area contributed by atoms with E-state index in [0.717, 1.165) is 10.8 Å². The van der Waals surface area contributed by atoms with Gasteiger partial charge in [-0.25, -0.2) is 0 Å². The number of unbranched alkanes of at least 4 members (excludes halogenated alkanes) is 1. The van der Waals surface area contributed by atoms with Crippen LogP contribution in [0, 0.1) is 5.92 Å². The number of nitrogens with zero attached hydrogens (tertiary/aromatic N) is 2. The Labute approximate surface area is 678 Å². The molecule has 33 nitrogen and oxygen atoms in total. The Kier molecular flexibility index (Phi) is 36.2. The highest BCUT2D eigenvalue weighted by molar-refractivity contribution is 6.30. The first-order chi connectivity index (χ1) is 55.3. The van der Waals surface area contributed by atoms with Gasteiger partial charge in [-0.1, -0.05) is 124 Å². The summed E-state index contributed by atoms with van der Waals surface area (Å²) in [7, 11) is 0. The van der Waals surface area contributed by atoms with E-state index in [9.17, 15) is 68.1 Å². The number of nitrogens with two attached hydrogens (primary N) is 3. The molecule has 1 saturated heterocycles. The Balaban J connectivity index is 1.21. The predicted molar refractivity (Wildman–Crippen MR) is 435 cm³/mol. The Morgan fingerprint density at radius 2 is 0.922 bits per heavy atom. The maximum Gasteiger partial charge on any atom is 0.245 e. The highest BCUT2D eigenvalue weighted by atomic mass is 35.5. The molecule has 116 heavy (non-hydrogen) atoms. The van der Waals surface area contributed by atoms with E-state index in [1.165, 1.54) is 79.7 Å². The van der Waals surface area contributed by atoms with E-state index in [1.54, 1.807) is 50.2 Å². The number of hydrogen-bond donors (Lipinski definition) is 18. The number of likely N-dealkylation sites (tertiary alicyclic amines) is 1. The summed E-state index contributed by atoms with van der Waals surface area (Å²) in [5, 5.41) is 65.2. The number of aromatic nitrogens is 1. The summed E-state index contributed by atoms with van der Waals surface area (Å²) in [6.45, 7) is 8.42. The van der Waals surface area contributed by atoms with Crippen molar-refractivity contribution >= 4 is 111 Å². The number of pyridine rings is 1. The normalized spacial score (nSPS) is 15.4. The van der Waals surface area contributed by atoms with Crippen molar-refractivity contribution in [2.75, 3.05) is 43.5 Å². The quantitative estimate of drug-likeness (QED) is 0.0224. The van der Waals surface area contributed by atoms with Crippen LogP contribution in [-0.4, -0.2) is 213 Å². The minimum absolute atomic E-state index is 0.00763. The number of anilines is 2. The fourth-order valence-electron chi connectivity index (χ4n) is 12.9. The van der Waals surface area contributed by atoms with E-state index in [4.69, 9.17) is 28.8 Å². The number of halogens is 1. The van der Waals surface area contributed by atoms with Crippen LogP contribution >= 0.6 is 11.6 Å². The summed E-state index contributed by atoms with van der Waals surface area (Å²) >= 11 is 6.27. The first-order valence-corrected chi connectivity index (χ1v) is 39.0. The Bertz CT molecular complexity index is 4350. The predicted octanol–water partition coefficient (Wildman–Crippen LogP) is 0.00370. The smallest absolute Gasteiger partial charge is 0.245 e. The standard InChI is InChI=1S/C82H108ClN17O16/c1-46(2)35-63(74(108)93-62(16-9-10-33-88-47(3)4)82(116)100-34-12-17-70(100)81(115)89-48(5)71(86)105)94-76(110)66(38-51-21-28-58(29-22-51)91-72(106)60(84)43-101)96-78(112)67(39-52-23-30-59(31-24-52)92-73(107)61(85)44-102)98-80(114)69(45-103)99-79(113)68(41-54-13-11-32-87-42-54)97-77(111)65(37-50-19-26-57(83)27-20-50)95-75(109)64(90-49(6)104)40-53-18-25-55-14-7-8-15-56(55)36-53/h7-8,11,13-15,18-32,36,42,46-48,60-70,88,101-103H,9-10,12,16-17,33-35,37-41,43-45,84-85H2,1-6H3,(H2,86,105)(H,89,115)(H,90,104)(H,91,106)(H,92,107)(H,93,108)(H,94,110)(H,95,109)(H,96,112)(H,97,111)(H,98,114)(H,99,113)/t48-,60+,61+,62+,63+,64-,65-,66-,67+,68-,69+,70+/m1/s1. The Morgan fingerprint density at radius 1 is 0.483 bits per heavy atom. The second-order valence-electron chi connectivity index (χ2n) is 29.6. The van der Waals surface area contributed by atoms with Crippen molar-refractivity contribution < 1.29 is 77.6 Å². The third-order valence-electron chi connectivity index (χ3n) is 19.3. The van der Waals surface area contributed by atoms with Gasteiger partial charge < -0.3 is 101 Å². The maximum atomic E-state index is 15.4. The van der Waals surface area contributed by atoms with Crippen molar-refractivity contribution in [3.05, 3.63) is 173 Å². The highest BCUT2D eigenvalue weighted by Gasteiger charge is 2.41. The third kappa shape index (κ3) is 29.2. The van der Waals surface area contributed by atoms with Crippen LogP contribution in [0.5, 0.6) is 0 Å². The zero-order valence-electron chi connectivity index (χ0n) is 65.8. The topological polar surface area (TPSA) is 521 Å². The van der Waals surface area contributed by atoms with Gasteiger partial charge in [-0.3, -0.25) is 67.3 Å². The highest BCUT2D eigenvalue weighted by Crippen LogP contribution is 2.23. The van der Waals surface area contributed by atoms with Crippen LogP contribution in [0.3, 0.4) is 0 Å². The molecule has 34 heteroatoms. The zero-order valence-corrected chi connectivity index (χ0v) is 66.6. The lowest BCUT2D eigenvalue weighted by molar-refractivity contribution is -0.142. The second kappa shape index (κ2) is 45.7. The van der Waals surface area contributed by atoms with Crippen molar-refractivity contribution in [2.24, 2.45) is 23.1 Å². The lowest BCUT2D eigenvalue weighted by atomic mass is 9.99. The van der Waals surface area contributed by atoms with Crippen molar-refractivity contribution in [2.45, 2.75) is 191 Å². The number of nitrogens with one attached hydrogen (secondary N) is 12. The van der Waals surface area contributed by atoms with Gasteiger partial charge in [0.1, 0.15) is 72.5 Å². The van der Waals surface area contributed by atoms with Gasteiger partial charge in [-0.2, -0.15) is 0 Å². The number of amides is 13. The fraction of sp³-hybridized carbons (Fsp3) is 0.439. The summed E-state index contributed by atoms with van der Waals surface area (Å²) < 4.78 is 0. The molecule has 0 unspecified atom stereocenters.